The minimum absolute atomic E-state index is 0.0291. The van der Waals surface area contributed by atoms with Crippen LogP contribution in [0.3, 0.4) is 0 Å². The van der Waals surface area contributed by atoms with Gasteiger partial charge in [-0.25, -0.2) is 0 Å². The summed E-state index contributed by atoms with van der Waals surface area (Å²) in [6.45, 7) is 1.77. The molecule has 3 rings (SSSR count). The van der Waals surface area contributed by atoms with Crippen molar-refractivity contribution in [1.29, 1.82) is 0 Å². The molecule has 0 spiro atoms. The van der Waals surface area contributed by atoms with E-state index < -0.39 is 0 Å². The Balaban J connectivity index is 1.47. The average molecular weight is 354 g/mol. The van der Waals surface area contributed by atoms with Gasteiger partial charge in [-0.2, -0.15) is 0 Å². The van der Waals surface area contributed by atoms with Crippen LogP contribution in [0.25, 0.3) is 0 Å². The van der Waals surface area contributed by atoms with Crippen LogP contribution in [0.2, 0.25) is 0 Å². The van der Waals surface area contributed by atoms with Crippen molar-refractivity contribution in [1.82, 2.24) is 4.90 Å². The number of benzene rings is 1. The first-order chi connectivity index (χ1) is 12.5. The van der Waals surface area contributed by atoms with Gasteiger partial charge in [-0.1, -0.05) is 12.2 Å². The van der Waals surface area contributed by atoms with E-state index in [9.17, 15) is 19.2 Å². The molecular weight excluding hydrogens is 332 g/mol. The second-order valence-electron chi connectivity index (χ2n) is 6.77. The van der Waals surface area contributed by atoms with Crippen LogP contribution < -0.4 is 5.32 Å². The number of amides is 3. The minimum atomic E-state index is -0.221. The number of nitrogens with zero attached hydrogens (tertiary/aromatic N) is 1. The number of likely N-dealkylation sites (tertiary alicyclic amines) is 1. The largest absolute Gasteiger partial charge is 0.326 e. The Morgan fingerprint density at radius 1 is 1.04 bits per heavy atom. The molecule has 0 radical (unpaired) electrons. The number of Topliss-reactive ketones (excluding diaryl/α,β-unsaturated/α-hetero) is 1. The Kier molecular flexibility index (Phi) is 5.30. The summed E-state index contributed by atoms with van der Waals surface area (Å²) in [7, 11) is 0. The maximum Gasteiger partial charge on any atom is 0.233 e. The number of rotatable bonds is 6. The molecule has 1 aliphatic heterocycles. The van der Waals surface area contributed by atoms with E-state index in [0.717, 1.165) is 0 Å². The highest BCUT2D eigenvalue weighted by Crippen LogP contribution is 2.35. The van der Waals surface area contributed by atoms with Crippen LogP contribution in [0.15, 0.2) is 36.4 Å². The summed E-state index contributed by atoms with van der Waals surface area (Å²) in [6, 6.07) is 6.68. The molecular formula is C20H22N2O4. The fraction of sp³-hybridized carbons (Fsp3) is 0.400. The van der Waals surface area contributed by atoms with Gasteiger partial charge in [0.2, 0.25) is 17.7 Å². The van der Waals surface area contributed by atoms with Gasteiger partial charge in [-0.3, -0.25) is 24.1 Å². The number of anilines is 1. The first-order valence-electron chi connectivity index (χ1n) is 8.88. The molecule has 1 fully saturated rings. The highest BCUT2D eigenvalue weighted by molar-refractivity contribution is 6.05. The zero-order chi connectivity index (χ0) is 18.7. The van der Waals surface area contributed by atoms with Crippen molar-refractivity contribution in [2.45, 2.75) is 32.6 Å². The maximum absolute atomic E-state index is 12.3. The molecule has 0 unspecified atom stereocenters. The molecule has 2 atom stereocenters. The van der Waals surface area contributed by atoms with Gasteiger partial charge in [0.15, 0.2) is 5.78 Å². The van der Waals surface area contributed by atoms with Crippen LogP contribution in [0.4, 0.5) is 5.69 Å². The lowest BCUT2D eigenvalue weighted by Gasteiger charge is -2.14. The molecule has 26 heavy (non-hydrogen) atoms. The van der Waals surface area contributed by atoms with Gasteiger partial charge < -0.3 is 5.32 Å². The predicted molar refractivity (Wildman–Crippen MR) is 96.4 cm³/mol. The van der Waals surface area contributed by atoms with Gasteiger partial charge >= 0.3 is 0 Å². The number of hydrogen-bond donors (Lipinski definition) is 1. The summed E-state index contributed by atoms with van der Waals surface area (Å²) in [5.41, 5.74) is 1.20. The lowest BCUT2D eigenvalue weighted by molar-refractivity contribution is -0.140. The first kappa shape index (κ1) is 18.0. The average Bonchev–Trinajstić information content (AvgIpc) is 2.87. The molecule has 1 N–H and O–H groups in total. The molecule has 6 heteroatoms. The van der Waals surface area contributed by atoms with Crippen molar-refractivity contribution in [2.24, 2.45) is 11.8 Å². The summed E-state index contributed by atoms with van der Waals surface area (Å²) in [5, 5.41) is 2.76. The van der Waals surface area contributed by atoms with Crippen LogP contribution in [-0.2, 0) is 14.4 Å². The molecule has 136 valence electrons. The zero-order valence-corrected chi connectivity index (χ0v) is 14.7. The van der Waals surface area contributed by atoms with Gasteiger partial charge in [-0.05, 0) is 50.5 Å². The fourth-order valence-electron chi connectivity index (χ4n) is 3.50. The number of imide groups is 1. The van der Waals surface area contributed by atoms with Crippen LogP contribution >= 0.6 is 0 Å². The maximum atomic E-state index is 12.3. The zero-order valence-electron chi connectivity index (χ0n) is 14.7. The number of hydrogen-bond acceptors (Lipinski definition) is 4. The fourth-order valence-corrected chi connectivity index (χ4v) is 3.50. The van der Waals surface area contributed by atoms with Crippen molar-refractivity contribution in [3.05, 3.63) is 42.0 Å². The Hall–Kier alpha value is -2.76. The molecule has 1 aromatic carbocycles. The molecule has 1 aromatic rings. The topological polar surface area (TPSA) is 83.6 Å². The smallest absolute Gasteiger partial charge is 0.233 e. The molecule has 0 bridgehead atoms. The monoisotopic (exact) mass is 354 g/mol. The first-order valence-corrected chi connectivity index (χ1v) is 8.88. The van der Waals surface area contributed by atoms with Gasteiger partial charge in [0.25, 0.3) is 0 Å². The highest BCUT2D eigenvalue weighted by atomic mass is 16.2. The minimum Gasteiger partial charge on any atom is -0.326 e. The quantitative estimate of drug-likeness (QED) is 0.483. The van der Waals surface area contributed by atoms with Crippen molar-refractivity contribution in [3.63, 3.8) is 0 Å². The summed E-state index contributed by atoms with van der Waals surface area (Å²) < 4.78 is 0. The van der Waals surface area contributed by atoms with Crippen molar-refractivity contribution in [3.8, 4) is 0 Å². The summed E-state index contributed by atoms with van der Waals surface area (Å²) >= 11 is 0. The SMILES string of the molecule is CC(=O)c1ccc(NC(=O)CCCN2C(=O)[C@@H]3CC=CC[C@H]3C2=O)cc1. The van der Waals surface area contributed by atoms with Gasteiger partial charge in [0.1, 0.15) is 0 Å². The van der Waals surface area contributed by atoms with Crippen molar-refractivity contribution >= 4 is 29.2 Å². The molecule has 2 aliphatic rings. The van der Waals surface area contributed by atoms with E-state index in [0.29, 0.717) is 30.5 Å². The number of carbonyl (C=O) groups excluding carboxylic acids is 4. The second kappa shape index (κ2) is 7.64. The standard InChI is InChI=1S/C20H22N2O4/c1-13(23)14-8-10-15(11-9-14)21-18(24)7-4-12-22-19(25)16-5-2-3-6-17(16)20(22)26/h2-3,8-11,16-17H,4-7,12H2,1H3,(H,21,24)/t16-,17-/m1/s1. The van der Waals surface area contributed by atoms with E-state index in [-0.39, 0.29) is 48.3 Å². The van der Waals surface area contributed by atoms with Gasteiger partial charge in [0.05, 0.1) is 11.8 Å². The van der Waals surface area contributed by atoms with Crippen molar-refractivity contribution < 1.29 is 19.2 Å². The number of carbonyl (C=O) groups is 4. The Morgan fingerprint density at radius 2 is 1.62 bits per heavy atom. The lowest BCUT2D eigenvalue weighted by atomic mass is 9.85. The number of allylic oxidation sites excluding steroid dienone is 2. The highest BCUT2D eigenvalue weighted by Gasteiger charge is 2.46. The lowest BCUT2D eigenvalue weighted by Crippen LogP contribution is -2.32. The molecule has 1 heterocycles. The summed E-state index contributed by atoms with van der Waals surface area (Å²) in [6.07, 6.45) is 5.83. The number of fused-ring (bicyclic) bond motifs is 1. The van der Waals surface area contributed by atoms with Crippen LogP contribution in [0.5, 0.6) is 0 Å². The van der Waals surface area contributed by atoms with E-state index in [1.807, 2.05) is 12.2 Å². The number of ketones is 1. The van der Waals surface area contributed by atoms with Crippen LogP contribution in [0.1, 0.15) is 43.0 Å². The predicted octanol–water partition coefficient (Wildman–Crippen LogP) is 2.56. The number of nitrogens with one attached hydrogen (secondary N) is 1. The third-order valence-electron chi connectivity index (χ3n) is 4.96. The van der Waals surface area contributed by atoms with Crippen LogP contribution in [0, 0.1) is 11.8 Å². The van der Waals surface area contributed by atoms with E-state index in [2.05, 4.69) is 5.32 Å². The summed E-state index contributed by atoms with van der Waals surface area (Å²) in [4.78, 5) is 49.3. The van der Waals surface area contributed by atoms with E-state index in [1.54, 1.807) is 24.3 Å². The summed E-state index contributed by atoms with van der Waals surface area (Å²) in [5.74, 6) is -0.867. The third kappa shape index (κ3) is 3.74. The second-order valence-corrected chi connectivity index (χ2v) is 6.77. The van der Waals surface area contributed by atoms with E-state index >= 15 is 0 Å². The molecule has 1 saturated heterocycles. The third-order valence-corrected chi connectivity index (χ3v) is 4.96. The molecule has 0 saturated carbocycles. The molecule has 0 aromatic heterocycles. The normalized spacial score (nSPS) is 21.7. The van der Waals surface area contributed by atoms with Crippen LogP contribution in [-0.4, -0.2) is 34.9 Å². The van der Waals surface area contributed by atoms with Gasteiger partial charge in [-0.15, -0.1) is 0 Å². The Morgan fingerprint density at radius 3 is 2.15 bits per heavy atom. The Bertz CT molecular complexity index is 741. The van der Waals surface area contributed by atoms with Gasteiger partial charge in [0, 0.05) is 24.2 Å². The molecule has 1 aliphatic carbocycles. The Labute approximate surface area is 152 Å². The van der Waals surface area contributed by atoms with E-state index in [1.165, 1.54) is 11.8 Å². The molecule has 6 nitrogen and oxygen atoms in total. The van der Waals surface area contributed by atoms with E-state index in [4.69, 9.17) is 0 Å². The molecule has 3 amide bonds. The van der Waals surface area contributed by atoms with Crippen molar-refractivity contribution in [2.75, 3.05) is 11.9 Å².